The molecule has 140 heavy (non-hydrogen) atoms. The molecule has 0 saturated heterocycles. The van der Waals surface area contributed by atoms with Crippen molar-refractivity contribution in [3.8, 4) is 46.8 Å². The number of aromatic nitrogens is 12. The fraction of sp³-hybridized carbons (Fsp3) is 0. The molecule has 0 atom stereocenters. The fourth-order valence-electron chi connectivity index (χ4n) is 22.0. The Bertz CT molecular complexity index is 10400. The van der Waals surface area contributed by atoms with E-state index in [0.717, 1.165) is 122 Å². The second-order valence-corrected chi connectivity index (χ2v) is 35.5. The number of nitrogens with zero attached hydrogens (tertiary/aromatic N) is 12. The van der Waals surface area contributed by atoms with Crippen molar-refractivity contribution in [2.45, 2.75) is 0 Å². The Kier molecular flexibility index (Phi) is 17.4. The Morgan fingerprint density at radius 3 is 0.729 bits per heavy atom. The Balaban J connectivity index is 0.0000000896. The molecule has 0 amide bonds. The first-order chi connectivity index (χ1) is 69.5. The number of para-hydroxylation sites is 20. The highest BCUT2D eigenvalue weighted by Gasteiger charge is 2.29. The average Bonchev–Trinajstić information content (AvgIpc) is 1.56. The van der Waals surface area contributed by atoms with Gasteiger partial charge in [-0.05, 0) is 182 Å². The summed E-state index contributed by atoms with van der Waals surface area (Å²) in [6.45, 7) is 0. The van der Waals surface area contributed by atoms with Crippen molar-refractivity contribution >= 4 is 219 Å². The Morgan fingerprint density at radius 2 is 0.357 bits per heavy atom. The standard InChI is InChI=1S/4C31H19N3O/c1-2-10-20(11-3-1)33-26-15-7-4-12-21(26)23-18-24-22-13-5-8-16-27(22)34(29(24)19-28(23)33)31-32-25-14-6-9-17-30(25)35-31;1-2-10-20(11-3-1)33-26-16-8-5-13-23(26)29-27(33)19-18-22-21-12-4-7-15-25(21)34(30(22)29)31-32-24-14-6-9-17-28(24)35-31;1-2-10-20(11-3-1)33-25-15-7-4-12-21(25)22-18-19-27-29(30(22)33)23-13-5-8-16-26(23)34(27)31-32-24-14-6-9-17-28(24)35-31;1-2-10-20(11-3-1)33-24-15-7-4-12-21(24)29-26(33)18-19-27-30(29)22-13-5-8-16-25(22)34(27)31-32-23-14-6-9-17-28(23)35-31/h4*1-19H. The topological polar surface area (TPSA) is 144 Å². The van der Waals surface area contributed by atoms with E-state index in [1.54, 1.807) is 0 Å². The first kappa shape index (κ1) is 78.2. The predicted molar refractivity (Wildman–Crippen MR) is 571 cm³/mol. The van der Waals surface area contributed by atoms with Gasteiger partial charge >= 0.3 is 24.1 Å². The van der Waals surface area contributed by atoms with Crippen LogP contribution in [0.4, 0.5) is 0 Å². The Hall–Kier alpha value is -19.3. The third-order valence-corrected chi connectivity index (χ3v) is 27.8. The molecule has 656 valence electrons. The van der Waals surface area contributed by atoms with E-state index in [2.05, 4.69) is 401 Å². The summed E-state index contributed by atoms with van der Waals surface area (Å²) in [5, 5.41) is 19.3. The zero-order valence-electron chi connectivity index (χ0n) is 74.9. The SMILES string of the molecule is c1ccc(-n2c3ccccc3c3c2ccc2c4ccccc4n(-c4nc5ccccc5o4)c23)cc1.c1ccc(-n2c3ccccc3c3c4c5ccccc5n(-c5nc6ccccc6o5)c4ccc32)cc1.c1ccc(-n2c3ccccc3c3cc4c5ccccc5n(-c5nc6ccccc6o5)c4cc32)cc1.c1ccc(-n2c3ccccc3c3ccc4c(c5ccccc5n4-c4nc5ccccc5o4)c32)cc1. The van der Waals surface area contributed by atoms with Crippen molar-refractivity contribution in [1.82, 2.24) is 56.5 Å². The van der Waals surface area contributed by atoms with Gasteiger partial charge in [-0.2, -0.15) is 19.9 Å². The minimum Gasteiger partial charge on any atom is -0.423 e. The second-order valence-electron chi connectivity index (χ2n) is 35.5. The highest BCUT2D eigenvalue weighted by Crippen LogP contribution is 2.49. The summed E-state index contributed by atoms with van der Waals surface area (Å²) in [6, 6.07) is 163. The maximum absolute atomic E-state index is 6.33. The van der Waals surface area contributed by atoms with Gasteiger partial charge in [-0.25, -0.2) is 0 Å². The molecule has 0 aliphatic rings. The van der Waals surface area contributed by atoms with Crippen molar-refractivity contribution < 1.29 is 17.7 Å². The van der Waals surface area contributed by atoms with Gasteiger partial charge in [0.2, 0.25) is 0 Å². The molecule has 0 radical (unpaired) electrons. The van der Waals surface area contributed by atoms with E-state index in [9.17, 15) is 0 Å². The smallest absolute Gasteiger partial charge is 0.307 e. The van der Waals surface area contributed by atoms with Gasteiger partial charge in [-0.1, -0.05) is 279 Å². The summed E-state index contributed by atoms with van der Waals surface area (Å²) in [4.78, 5) is 19.4. The van der Waals surface area contributed by atoms with Crippen LogP contribution < -0.4 is 0 Å². The van der Waals surface area contributed by atoms with Gasteiger partial charge in [0.15, 0.2) is 22.3 Å². The van der Waals surface area contributed by atoms with Crippen LogP contribution in [0.5, 0.6) is 0 Å². The van der Waals surface area contributed by atoms with Gasteiger partial charge in [0, 0.05) is 109 Å². The van der Waals surface area contributed by atoms with Crippen LogP contribution in [0, 0.1) is 0 Å². The number of rotatable bonds is 8. The molecule has 16 nitrogen and oxygen atoms in total. The molecule has 20 aromatic carbocycles. The lowest BCUT2D eigenvalue weighted by molar-refractivity contribution is 0.574. The first-order valence-electron chi connectivity index (χ1n) is 47.0. The molecule has 0 saturated carbocycles. The van der Waals surface area contributed by atoms with Crippen LogP contribution in [0.15, 0.2) is 479 Å². The summed E-state index contributed by atoms with van der Waals surface area (Å²) in [7, 11) is 0. The Labute approximate surface area is 795 Å². The summed E-state index contributed by atoms with van der Waals surface area (Å²) in [6.07, 6.45) is 0. The zero-order valence-corrected chi connectivity index (χ0v) is 74.9. The van der Waals surface area contributed by atoms with E-state index in [0.29, 0.717) is 24.1 Å². The fourth-order valence-corrected chi connectivity index (χ4v) is 22.0. The molecule has 32 aromatic rings. The van der Waals surface area contributed by atoms with Gasteiger partial charge in [-0.15, -0.1) is 0 Å². The molecule has 12 aromatic heterocycles. The maximum atomic E-state index is 6.33. The molecule has 32 rings (SSSR count). The molecular weight excluding hydrogens is 1720 g/mol. The lowest BCUT2D eigenvalue weighted by Crippen LogP contribution is -1.95. The number of hydrogen-bond acceptors (Lipinski definition) is 8. The van der Waals surface area contributed by atoms with Crippen LogP contribution in [-0.2, 0) is 0 Å². The number of fused-ring (bicyclic) bond motifs is 31. The van der Waals surface area contributed by atoms with Gasteiger partial charge < -0.3 is 35.9 Å². The van der Waals surface area contributed by atoms with E-state index < -0.39 is 0 Å². The van der Waals surface area contributed by atoms with E-state index in [1.807, 2.05) is 97.1 Å². The molecule has 12 heterocycles. The molecule has 0 aliphatic carbocycles. The van der Waals surface area contributed by atoms with E-state index in [4.69, 9.17) is 37.6 Å². The van der Waals surface area contributed by atoms with Gasteiger partial charge in [-0.3, -0.25) is 18.3 Å². The second kappa shape index (κ2) is 31.1. The molecule has 0 spiro atoms. The minimum atomic E-state index is 0.583. The van der Waals surface area contributed by atoms with Crippen LogP contribution >= 0.6 is 0 Å². The van der Waals surface area contributed by atoms with Gasteiger partial charge in [0.25, 0.3) is 0 Å². The van der Waals surface area contributed by atoms with Crippen LogP contribution in [0.1, 0.15) is 0 Å². The minimum absolute atomic E-state index is 0.583. The predicted octanol–water partition coefficient (Wildman–Crippen LogP) is 32.1. The number of hydrogen-bond donors (Lipinski definition) is 0. The number of benzene rings is 20. The lowest BCUT2D eigenvalue weighted by Gasteiger charge is -2.09. The zero-order chi connectivity index (χ0) is 91.7. The Morgan fingerprint density at radius 1 is 0.136 bits per heavy atom. The quantitative estimate of drug-likeness (QED) is 0.146. The van der Waals surface area contributed by atoms with Gasteiger partial charge in [0.1, 0.15) is 22.1 Å². The summed E-state index contributed by atoms with van der Waals surface area (Å²) >= 11 is 0. The molecule has 16 heteroatoms. The maximum Gasteiger partial charge on any atom is 0.307 e. The normalized spacial score (nSPS) is 12.0. The molecule has 0 aliphatic heterocycles. The number of oxazole rings is 4. The van der Waals surface area contributed by atoms with E-state index >= 15 is 0 Å². The molecular formula is C124H76N12O4. The van der Waals surface area contributed by atoms with Crippen LogP contribution in [0.25, 0.3) is 266 Å². The van der Waals surface area contributed by atoms with Crippen LogP contribution in [0.2, 0.25) is 0 Å². The van der Waals surface area contributed by atoms with Crippen molar-refractivity contribution in [2.24, 2.45) is 0 Å². The van der Waals surface area contributed by atoms with E-state index in [-0.39, 0.29) is 0 Å². The van der Waals surface area contributed by atoms with Crippen molar-refractivity contribution in [1.29, 1.82) is 0 Å². The molecule has 0 N–H and O–H groups in total. The van der Waals surface area contributed by atoms with Crippen LogP contribution in [-0.4, -0.2) is 56.5 Å². The van der Waals surface area contributed by atoms with E-state index in [1.165, 1.54) is 119 Å². The molecule has 0 unspecified atom stereocenters. The van der Waals surface area contributed by atoms with Crippen molar-refractivity contribution in [3.63, 3.8) is 0 Å². The monoisotopic (exact) mass is 1800 g/mol. The van der Waals surface area contributed by atoms with Crippen LogP contribution in [0.3, 0.4) is 0 Å². The molecule has 0 bridgehead atoms. The summed E-state index contributed by atoms with van der Waals surface area (Å²) in [5.74, 6) is 0. The van der Waals surface area contributed by atoms with Crippen molar-refractivity contribution in [3.05, 3.63) is 461 Å². The van der Waals surface area contributed by atoms with Crippen molar-refractivity contribution in [2.75, 3.05) is 0 Å². The summed E-state index contributed by atoms with van der Waals surface area (Å²) in [5.41, 5.74) is 29.3. The molecule has 0 fully saturated rings. The lowest BCUT2D eigenvalue weighted by atomic mass is 10.1. The largest absolute Gasteiger partial charge is 0.423 e. The highest BCUT2D eigenvalue weighted by atomic mass is 16.4. The third kappa shape index (κ3) is 11.9. The third-order valence-electron chi connectivity index (χ3n) is 27.8. The average molecular weight is 1800 g/mol. The highest BCUT2D eigenvalue weighted by molar-refractivity contribution is 6.31. The van der Waals surface area contributed by atoms with Gasteiger partial charge in [0.05, 0.1) is 88.3 Å². The summed E-state index contributed by atoms with van der Waals surface area (Å²) < 4.78 is 43.2. The first-order valence-corrected chi connectivity index (χ1v) is 47.0.